The molecule has 1 saturated carbocycles. The van der Waals surface area contributed by atoms with Crippen molar-refractivity contribution in [3.8, 4) is 5.75 Å². The summed E-state index contributed by atoms with van der Waals surface area (Å²) in [5.41, 5.74) is 1.78. The van der Waals surface area contributed by atoms with Crippen LogP contribution in [0.25, 0.3) is 0 Å². The van der Waals surface area contributed by atoms with Gasteiger partial charge in [0.05, 0.1) is 0 Å². The molecule has 2 aliphatic carbocycles. The first-order valence-electron chi connectivity index (χ1n) is 8.53. The average Bonchev–Trinajstić information content (AvgIpc) is 2.46. The minimum absolute atomic E-state index is 0.000509. The fourth-order valence-corrected chi connectivity index (χ4v) is 4.73. The summed E-state index contributed by atoms with van der Waals surface area (Å²) in [7, 11) is 0. The van der Waals surface area contributed by atoms with Crippen LogP contribution in [0, 0.1) is 11.3 Å². The highest BCUT2D eigenvalue weighted by Gasteiger charge is 2.55. The number of carbonyl (C=O) groups excluding carboxylic acids is 2. The molecule has 2 atom stereocenters. The van der Waals surface area contributed by atoms with E-state index in [1.165, 1.54) is 0 Å². The van der Waals surface area contributed by atoms with E-state index in [0.29, 0.717) is 12.8 Å². The lowest BCUT2D eigenvalue weighted by Crippen LogP contribution is -2.53. The second kappa shape index (κ2) is 4.93. The van der Waals surface area contributed by atoms with Crippen LogP contribution in [0.1, 0.15) is 81.3 Å². The summed E-state index contributed by atoms with van der Waals surface area (Å²) >= 11 is 0. The maximum Gasteiger partial charge on any atom is 0.163 e. The monoisotopic (exact) mass is 314 g/mol. The minimum atomic E-state index is -0.493. The second-order valence-corrected chi connectivity index (χ2v) is 8.35. The van der Waals surface area contributed by atoms with Crippen LogP contribution in [0.2, 0.25) is 0 Å². The molecule has 0 spiro atoms. The van der Waals surface area contributed by atoms with Gasteiger partial charge in [-0.25, -0.2) is 0 Å². The number of aromatic hydroxyl groups is 1. The third kappa shape index (κ3) is 2.16. The quantitative estimate of drug-likeness (QED) is 0.837. The molecule has 0 unspecified atom stereocenters. The predicted octanol–water partition coefficient (Wildman–Crippen LogP) is 4.37. The van der Waals surface area contributed by atoms with E-state index in [1.54, 1.807) is 6.07 Å². The van der Waals surface area contributed by atoms with Crippen molar-refractivity contribution in [2.75, 3.05) is 0 Å². The van der Waals surface area contributed by atoms with Crippen LogP contribution in [-0.4, -0.2) is 16.7 Å². The number of rotatable bonds is 1. The Morgan fingerprint density at radius 1 is 1.17 bits per heavy atom. The van der Waals surface area contributed by atoms with Gasteiger partial charge < -0.3 is 5.11 Å². The molecule has 3 heteroatoms. The molecule has 0 aromatic heterocycles. The molecule has 1 aromatic carbocycles. The Balaban J connectivity index is 2.22. The lowest BCUT2D eigenvalue weighted by molar-refractivity contribution is -0.136. The first-order chi connectivity index (χ1) is 10.6. The number of phenols is 1. The highest BCUT2D eigenvalue weighted by molar-refractivity contribution is 6.01. The van der Waals surface area contributed by atoms with Gasteiger partial charge >= 0.3 is 0 Å². The molecule has 23 heavy (non-hydrogen) atoms. The Morgan fingerprint density at radius 3 is 2.43 bits per heavy atom. The SMILES string of the molecule is CC(C)c1cc2c(cc1O)[C@@]1(C)CCC(=O)C(C)(C)[C@H]1CC2=O. The number of carbonyl (C=O) groups is 2. The zero-order valence-corrected chi connectivity index (χ0v) is 14.7. The van der Waals surface area contributed by atoms with Crippen molar-refractivity contribution in [3.63, 3.8) is 0 Å². The lowest BCUT2D eigenvalue weighted by Gasteiger charge is -2.52. The molecule has 1 aromatic rings. The molecule has 0 heterocycles. The van der Waals surface area contributed by atoms with Crippen LogP contribution in [0.15, 0.2) is 12.1 Å². The van der Waals surface area contributed by atoms with Gasteiger partial charge in [0.1, 0.15) is 11.5 Å². The lowest BCUT2D eigenvalue weighted by atomic mass is 9.49. The summed E-state index contributed by atoms with van der Waals surface area (Å²) < 4.78 is 0. The molecular weight excluding hydrogens is 288 g/mol. The maximum absolute atomic E-state index is 12.8. The molecular formula is C20H26O3. The molecule has 3 nitrogen and oxygen atoms in total. The molecule has 124 valence electrons. The van der Waals surface area contributed by atoms with Gasteiger partial charge in [0.2, 0.25) is 0 Å². The Bertz CT molecular complexity index is 699. The highest BCUT2D eigenvalue weighted by atomic mass is 16.3. The van der Waals surface area contributed by atoms with Gasteiger partial charge in [-0.3, -0.25) is 9.59 Å². The summed E-state index contributed by atoms with van der Waals surface area (Å²) in [6.45, 7) is 10.1. The van der Waals surface area contributed by atoms with Gasteiger partial charge in [0.25, 0.3) is 0 Å². The number of benzene rings is 1. The van der Waals surface area contributed by atoms with Gasteiger partial charge in [0, 0.05) is 23.8 Å². The molecule has 0 bridgehead atoms. The van der Waals surface area contributed by atoms with Crippen LogP contribution in [0.3, 0.4) is 0 Å². The van der Waals surface area contributed by atoms with E-state index in [4.69, 9.17) is 0 Å². The zero-order valence-electron chi connectivity index (χ0n) is 14.7. The molecule has 1 N–H and O–H groups in total. The summed E-state index contributed by atoms with van der Waals surface area (Å²) in [6, 6.07) is 3.67. The number of hydrogen-bond acceptors (Lipinski definition) is 3. The van der Waals surface area contributed by atoms with Crippen molar-refractivity contribution in [2.45, 2.75) is 65.2 Å². The summed E-state index contributed by atoms with van der Waals surface area (Å²) in [5.74, 6) is 0.790. The summed E-state index contributed by atoms with van der Waals surface area (Å²) in [4.78, 5) is 25.2. The fourth-order valence-electron chi connectivity index (χ4n) is 4.73. The van der Waals surface area contributed by atoms with Gasteiger partial charge in [-0.15, -0.1) is 0 Å². The van der Waals surface area contributed by atoms with Crippen LogP contribution >= 0.6 is 0 Å². The van der Waals surface area contributed by atoms with Gasteiger partial charge in [0.15, 0.2) is 5.78 Å². The van der Waals surface area contributed by atoms with E-state index in [-0.39, 0.29) is 34.6 Å². The maximum atomic E-state index is 12.8. The first kappa shape index (κ1) is 16.2. The van der Waals surface area contributed by atoms with E-state index in [2.05, 4.69) is 6.92 Å². The number of ketones is 2. The Labute approximate surface area is 138 Å². The molecule has 0 radical (unpaired) electrons. The third-order valence-electron chi connectivity index (χ3n) is 6.32. The fraction of sp³-hybridized carbons (Fsp3) is 0.600. The van der Waals surface area contributed by atoms with Crippen molar-refractivity contribution < 1.29 is 14.7 Å². The zero-order chi connectivity index (χ0) is 17.2. The van der Waals surface area contributed by atoms with Crippen LogP contribution in [0.4, 0.5) is 0 Å². The summed E-state index contributed by atoms with van der Waals surface area (Å²) in [6.07, 6.45) is 1.71. The smallest absolute Gasteiger partial charge is 0.163 e. The van der Waals surface area contributed by atoms with Crippen molar-refractivity contribution in [1.82, 2.24) is 0 Å². The summed E-state index contributed by atoms with van der Waals surface area (Å²) in [5, 5.41) is 10.4. The van der Waals surface area contributed by atoms with Gasteiger partial charge in [-0.2, -0.15) is 0 Å². The highest BCUT2D eigenvalue weighted by Crippen LogP contribution is 2.56. The third-order valence-corrected chi connectivity index (χ3v) is 6.32. The van der Waals surface area contributed by atoms with Crippen LogP contribution in [-0.2, 0) is 10.2 Å². The molecule has 1 fully saturated rings. The Morgan fingerprint density at radius 2 is 1.83 bits per heavy atom. The van der Waals surface area contributed by atoms with Crippen molar-refractivity contribution in [3.05, 3.63) is 28.8 Å². The number of fused-ring (bicyclic) bond motifs is 3. The molecule has 2 aliphatic rings. The van der Waals surface area contributed by atoms with E-state index < -0.39 is 5.41 Å². The number of Topliss-reactive ketones (excluding diaryl/α,β-unsaturated/α-hetero) is 2. The molecule has 0 saturated heterocycles. The van der Waals surface area contributed by atoms with Gasteiger partial charge in [-0.05, 0) is 46.9 Å². The van der Waals surface area contributed by atoms with Crippen molar-refractivity contribution in [1.29, 1.82) is 0 Å². The van der Waals surface area contributed by atoms with Crippen LogP contribution in [0.5, 0.6) is 5.75 Å². The largest absolute Gasteiger partial charge is 0.508 e. The van der Waals surface area contributed by atoms with E-state index in [9.17, 15) is 14.7 Å². The Kier molecular flexibility index (Phi) is 3.48. The number of phenolic OH excluding ortho intramolecular Hbond substituents is 1. The van der Waals surface area contributed by atoms with Gasteiger partial charge in [-0.1, -0.05) is 34.6 Å². The van der Waals surface area contributed by atoms with E-state index in [1.807, 2.05) is 33.8 Å². The van der Waals surface area contributed by atoms with Crippen molar-refractivity contribution in [2.24, 2.45) is 11.3 Å². The molecule has 0 aliphatic heterocycles. The normalized spacial score (nSPS) is 29.4. The second-order valence-electron chi connectivity index (χ2n) is 8.35. The predicted molar refractivity (Wildman–Crippen MR) is 90.0 cm³/mol. The number of hydrogen-bond donors (Lipinski definition) is 1. The molecule has 0 amide bonds. The minimum Gasteiger partial charge on any atom is -0.508 e. The van der Waals surface area contributed by atoms with E-state index in [0.717, 1.165) is 23.1 Å². The molecule has 3 rings (SSSR count). The topological polar surface area (TPSA) is 54.4 Å². The first-order valence-corrected chi connectivity index (χ1v) is 8.53. The van der Waals surface area contributed by atoms with Crippen LogP contribution < -0.4 is 0 Å². The standard InChI is InChI=1S/C20H26O3/c1-11(2)12-8-13-14(9-15(12)21)20(5)7-6-18(23)19(3,4)17(20)10-16(13)22/h8-9,11,17,21H,6-7,10H2,1-5H3/t17-,20-/m1/s1. The Hall–Kier alpha value is -1.64. The van der Waals surface area contributed by atoms with E-state index >= 15 is 0 Å². The van der Waals surface area contributed by atoms with Crippen molar-refractivity contribution >= 4 is 11.6 Å². The average molecular weight is 314 g/mol.